The summed E-state index contributed by atoms with van der Waals surface area (Å²) in [5.74, 6) is 0.481. The lowest BCUT2D eigenvalue weighted by Gasteiger charge is -2.19. The van der Waals surface area contributed by atoms with Crippen molar-refractivity contribution in [3.8, 4) is 0 Å². The van der Waals surface area contributed by atoms with E-state index >= 15 is 0 Å². The summed E-state index contributed by atoms with van der Waals surface area (Å²) in [7, 11) is 0. The van der Waals surface area contributed by atoms with Gasteiger partial charge in [-0.15, -0.1) is 0 Å². The number of aryl methyl sites for hydroxylation is 2. The number of benzene rings is 1. The van der Waals surface area contributed by atoms with Gasteiger partial charge in [-0.05, 0) is 37.0 Å². The number of rotatable bonds is 2. The Kier molecular flexibility index (Phi) is 4.07. The highest BCUT2D eigenvalue weighted by Gasteiger charge is 2.14. The number of anilines is 1. The van der Waals surface area contributed by atoms with Gasteiger partial charge >= 0.3 is 0 Å². The molecule has 1 aromatic heterocycles. The van der Waals surface area contributed by atoms with Crippen LogP contribution in [-0.4, -0.2) is 15.9 Å². The van der Waals surface area contributed by atoms with Gasteiger partial charge in [0.05, 0.1) is 11.3 Å². The molecule has 0 saturated carbocycles. The van der Waals surface area contributed by atoms with Crippen molar-refractivity contribution in [3.05, 3.63) is 53.1 Å². The zero-order chi connectivity index (χ0) is 15.6. The molecular weight excluding hydrogens is 262 g/mol. The second kappa shape index (κ2) is 5.64. The van der Waals surface area contributed by atoms with E-state index in [9.17, 15) is 4.79 Å². The largest absolute Gasteiger partial charge is 0.322 e. The molecule has 1 heterocycles. The molecule has 4 nitrogen and oxygen atoms in total. The topological polar surface area (TPSA) is 54.9 Å². The number of amides is 1. The summed E-state index contributed by atoms with van der Waals surface area (Å²) >= 11 is 0. The summed E-state index contributed by atoms with van der Waals surface area (Å²) in [4.78, 5) is 20.5. The van der Waals surface area contributed by atoms with Crippen molar-refractivity contribution >= 4 is 11.6 Å². The van der Waals surface area contributed by atoms with Crippen molar-refractivity contribution in [2.45, 2.75) is 40.0 Å². The zero-order valence-corrected chi connectivity index (χ0v) is 13.2. The van der Waals surface area contributed by atoms with E-state index in [-0.39, 0.29) is 11.3 Å². The molecule has 1 N–H and O–H groups in total. The van der Waals surface area contributed by atoms with Crippen molar-refractivity contribution in [3.63, 3.8) is 0 Å². The first kappa shape index (κ1) is 15.2. The van der Waals surface area contributed by atoms with Crippen LogP contribution in [0.5, 0.6) is 0 Å². The van der Waals surface area contributed by atoms with E-state index in [4.69, 9.17) is 0 Å². The van der Waals surface area contributed by atoms with Gasteiger partial charge in [-0.1, -0.05) is 32.9 Å². The van der Waals surface area contributed by atoms with Crippen LogP contribution in [0.4, 0.5) is 5.69 Å². The molecule has 0 aliphatic rings. The van der Waals surface area contributed by atoms with Gasteiger partial charge in [0.15, 0.2) is 0 Å². The fourth-order valence-electron chi connectivity index (χ4n) is 2.06. The van der Waals surface area contributed by atoms with Crippen LogP contribution in [0.3, 0.4) is 0 Å². The molecule has 0 fully saturated rings. The van der Waals surface area contributed by atoms with E-state index in [0.717, 1.165) is 5.69 Å². The minimum absolute atomic E-state index is 0.101. The minimum Gasteiger partial charge on any atom is -0.322 e. The van der Waals surface area contributed by atoms with Gasteiger partial charge in [0, 0.05) is 11.9 Å². The number of carbonyl (C=O) groups excluding carboxylic acids is 1. The number of hydrogen-bond acceptors (Lipinski definition) is 3. The third-order valence-corrected chi connectivity index (χ3v) is 3.35. The van der Waals surface area contributed by atoms with E-state index in [1.54, 1.807) is 13.1 Å². The summed E-state index contributed by atoms with van der Waals surface area (Å²) in [5.41, 5.74) is 3.29. The van der Waals surface area contributed by atoms with Gasteiger partial charge < -0.3 is 5.32 Å². The molecular formula is C17H21N3O. The third-order valence-electron chi connectivity index (χ3n) is 3.35. The zero-order valence-electron chi connectivity index (χ0n) is 13.2. The Balaban J connectivity index is 2.16. The Morgan fingerprint density at radius 2 is 1.71 bits per heavy atom. The maximum absolute atomic E-state index is 12.2. The van der Waals surface area contributed by atoms with Crippen LogP contribution < -0.4 is 5.32 Å². The summed E-state index contributed by atoms with van der Waals surface area (Å²) in [6, 6.07) is 7.91. The van der Waals surface area contributed by atoms with Crippen molar-refractivity contribution in [2.75, 3.05) is 5.32 Å². The molecule has 110 valence electrons. The highest BCUT2D eigenvalue weighted by Crippen LogP contribution is 2.23. The predicted molar refractivity (Wildman–Crippen MR) is 84.6 cm³/mol. The number of hydrogen-bond donors (Lipinski definition) is 1. The van der Waals surface area contributed by atoms with Crippen LogP contribution in [-0.2, 0) is 5.41 Å². The normalized spacial score (nSPS) is 11.3. The van der Waals surface area contributed by atoms with Crippen LogP contribution in [0.2, 0.25) is 0 Å². The summed E-state index contributed by atoms with van der Waals surface area (Å²) < 4.78 is 0. The molecule has 4 heteroatoms. The molecule has 0 saturated heterocycles. The predicted octanol–water partition coefficient (Wildman–Crippen LogP) is 3.64. The van der Waals surface area contributed by atoms with Gasteiger partial charge in [0.25, 0.3) is 5.91 Å². The first-order valence-corrected chi connectivity index (χ1v) is 6.99. The minimum atomic E-state index is -0.184. The monoisotopic (exact) mass is 283 g/mol. The summed E-state index contributed by atoms with van der Waals surface area (Å²) in [6.07, 6.45) is 1.57. The molecule has 1 amide bonds. The van der Waals surface area contributed by atoms with Crippen LogP contribution in [0.15, 0.2) is 30.5 Å². The molecule has 2 rings (SSSR count). The maximum Gasteiger partial charge on any atom is 0.259 e. The Morgan fingerprint density at radius 3 is 2.24 bits per heavy atom. The Labute approximate surface area is 125 Å². The average Bonchev–Trinajstić information content (AvgIpc) is 2.38. The van der Waals surface area contributed by atoms with E-state index in [1.165, 1.54) is 5.56 Å². The van der Waals surface area contributed by atoms with E-state index in [0.29, 0.717) is 17.1 Å². The van der Waals surface area contributed by atoms with Crippen molar-refractivity contribution in [2.24, 2.45) is 0 Å². The lowest BCUT2D eigenvalue weighted by atomic mass is 9.87. The lowest BCUT2D eigenvalue weighted by Crippen LogP contribution is -2.15. The first-order chi connectivity index (χ1) is 9.77. The molecule has 21 heavy (non-hydrogen) atoms. The molecule has 0 spiro atoms. The Hall–Kier alpha value is -2.23. The molecule has 0 aliphatic carbocycles. The lowest BCUT2D eigenvalue weighted by molar-refractivity contribution is 0.102. The first-order valence-electron chi connectivity index (χ1n) is 6.99. The fourth-order valence-corrected chi connectivity index (χ4v) is 2.06. The fraction of sp³-hybridized carbons (Fsp3) is 0.353. The Bertz CT molecular complexity index is 655. The smallest absolute Gasteiger partial charge is 0.259 e. The molecule has 0 unspecified atom stereocenters. The van der Waals surface area contributed by atoms with E-state index < -0.39 is 0 Å². The van der Waals surface area contributed by atoms with Crippen molar-refractivity contribution in [1.29, 1.82) is 0 Å². The number of aromatic nitrogens is 2. The number of nitrogens with one attached hydrogen (secondary N) is 1. The second-order valence-electron chi connectivity index (χ2n) is 6.20. The Morgan fingerprint density at radius 1 is 1.10 bits per heavy atom. The van der Waals surface area contributed by atoms with Crippen molar-refractivity contribution in [1.82, 2.24) is 9.97 Å². The molecule has 1 aromatic carbocycles. The number of carbonyl (C=O) groups is 1. The van der Waals surface area contributed by atoms with E-state index in [2.05, 4.69) is 36.1 Å². The molecule has 2 aromatic rings. The van der Waals surface area contributed by atoms with Gasteiger partial charge in [0.1, 0.15) is 5.82 Å². The van der Waals surface area contributed by atoms with Crippen molar-refractivity contribution < 1.29 is 4.79 Å². The third kappa shape index (κ3) is 3.66. The molecule has 0 bridgehead atoms. The van der Waals surface area contributed by atoms with Crippen LogP contribution in [0, 0.1) is 13.8 Å². The standard InChI is InChI=1S/C17H21N3O/c1-11-15(10-18-12(2)19-11)16(21)20-14-8-6-13(7-9-14)17(3,4)5/h6-10H,1-5H3,(H,20,21). The van der Waals surface area contributed by atoms with Gasteiger partial charge in [-0.3, -0.25) is 4.79 Å². The average molecular weight is 283 g/mol. The molecule has 0 atom stereocenters. The number of nitrogens with zero attached hydrogens (tertiary/aromatic N) is 2. The highest BCUT2D eigenvalue weighted by atomic mass is 16.1. The molecule has 0 aliphatic heterocycles. The van der Waals surface area contributed by atoms with E-state index in [1.807, 2.05) is 31.2 Å². The summed E-state index contributed by atoms with van der Waals surface area (Å²) in [5, 5.41) is 2.88. The molecule has 0 radical (unpaired) electrons. The second-order valence-corrected chi connectivity index (χ2v) is 6.20. The van der Waals surface area contributed by atoms with Gasteiger partial charge in [-0.25, -0.2) is 9.97 Å². The highest BCUT2D eigenvalue weighted by molar-refractivity contribution is 6.04. The maximum atomic E-state index is 12.2. The SMILES string of the molecule is Cc1ncc(C(=O)Nc2ccc(C(C)(C)C)cc2)c(C)n1. The van der Waals surface area contributed by atoms with Crippen LogP contribution in [0.25, 0.3) is 0 Å². The van der Waals surface area contributed by atoms with Crippen LogP contribution >= 0.6 is 0 Å². The van der Waals surface area contributed by atoms with Gasteiger partial charge in [-0.2, -0.15) is 0 Å². The quantitative estimate of drug-likeness (QED) is 0.915. The van der Waals surface area contributed by atoms with Crippen LogP contribution in [0.1, 0.15) is 48.2 Å². The summed E-state index contributed by atoms with van der Waals surface area (Å²) in [6.45, 7) is 10.1. The van der Waals surface area contributed by atoms with Gasteiger partial charge in [0.2, 0.25) is 0 Å².